The molecule has 5 nitrogen and oxygen atoms in total. The lowest BCUT2D eigenvalue weighted by atomic mass is 9.79. The monoisotopic (exact) mass is 180 g/mol. The molecule has 1 rings (SSSR count). The summed E-state index contributed by atoms with van der Waals surface area (Å²) < 4.78 is 0. The summed E-state index contributed by atoms with van der Waals surface area (Å²) in [5.74, 6) is -1.20. The number of nitrogens with one attached hydrogen (secondary N) is 1. The third kappa shape index (κ3) is 2.20. The summed E-state index contributed by atoms with van der Waals surface area (Å²) in [5.41, 5.74) is 6.99. The zero-order chi connectivity index (χ0) is 10.0. The Labute approximate surface area is 74.6 Å². The van der Waals surface area contributed by atoms with Gasteiger partial charge in [-0.15, -0.1) is 0 Å². The van der Waals surface area contributed by atoms with Crippen molar-refractivity contribution in [3.05, 3.63) is 23.8 Å². The van der Waals surface area contributed by atoms with Crippen LogP contribution in [-0.2, 0) is 0 Å². The number of rotatable bonds is 2. The van der Waals surface area contributed by atoms with Gasteiger partial charge in [-0.2, -0.15) is 0 Å². The molecule has 0 aliphatic carbocycles. The van der Waals surface area contributed by atoms with Crippen LogP contribution >= 0.6 is 0 Å². The average Bonchev–Trinajstić information content (AvgIpc) is 2.03. The molecule has 6 heteroatoms. The summed E-state index contributed by atoms with van der Waals surface area (Å²) in [6.07, 6.45) is 0. The highest BCUT2D eigenvalue weighted by atomic mass is 16.4. The highest BCUT2D eigenvalue weighted by molar-refractivity contribution is 6.58. The Hall–Kier alpha value is -1.53. The van der Waals surface area contributed by atoms with Crippen molar-refractivity contribution in [2.24, 2.45) is 0 Å². The lowest BCUT2D eigenvalue weighted by Crippen LogP contribution is -2.30. The molecule has 1 aromatic carbocycles. The number of carboxylic acids is 1. The van der Waals surface area contributed by atoms with E-state index in [4.69, 9.17) is 20.9 Å². The molecule has 0 aliphatic rings. The molecule has 13 heavy (non-hydrogen) atoms. The lowest BCUT2D eigenvalue weighted by molar-refractivity contribution is 0.0697. The van der Waals surface area contributed by atoms with E-state index < -0.39 is 13.1 Å². The van der Waals surface area contributed by atoms with Crippen LogP contribution in [0, 0.1) is 0 Å². The Kier molecular flexibility index (Phi) is 2.55. The molecule has 4 N–H and O–H groups in total. The molecule has 0 aliphatic heterocycles. The number of aromatic carboxylic acids is 1. The number of carbonyl (C=O) groups is 1. The molecule has 0 heterocycles. The number of carboxylic acid groups (broad SMARTS) is 1. The van der Waals surface area contributed by atoms with E-state index in [-0.39, 0.29) is 16.7 Å². The Morgan fingerprint density at radius 3 is 2.38 bits per heavy atom. The summed E-state index contributed by atoms with van der Waals surface area (Å²) in [6, 6.07) is 3.44. The minimum absolute atomic E-state index is 0.00454. The quantitative estimate of drug-likeness (QED) is 0.506. The number of benzene rings is 1. The normalized spacial score (nSPS) is 9.69. The van der Waals surface area contributed by atoms with Gasteiger partial charge in [-0.3, -0.25) is 0 Å². The van der Waals surface area contributed by atoms with Gasteiger partial charge in [0, 0.05) is 0 Å². The summed E-state index contributed by atoms with van der Waals surface area (Å²) in [6.45, 7) is 0. The smallest absolute Gasteiger partial charge is 0.478 e. The van der Waals surface area contributed by atoms with Crippen molar-refractivity contribution in [3.8, 4) is 0 Å². The SMILES string of the molecule is [NH]c1cc(B(O)O)cc(C(=O)O)c1. The lowest BCUT2D eigenvalue weighted by Gasteiger charge is -2.02. The van der Waals surface area contributed by atoms with Crippen molar-refractivity contribution >= 4 is 24.2 Å². The maximum Gasteiger partial charge on any atom is 0.488 e. The van der Waals surface area contributed by atoms with Crippen LogP contribution in [0.4, 0.5) is 5.69 Å². The van der Waals surface area contributed by atoms with Gasteiger partial charge in [0.15, 0.2) is 0 Å². The molecule has 0 aromatic heterocycles. The second-order valence-corrected chi connectivity index (χ2v) is 2.52. The maximum atomic E-state index is 10.5. The van der Waals surface area contributed by atoms with Gasteiger partial charge in [0.2, 0.25) is 0 Å². The first-order valence-corrected chi connectivity index (χ1v) is 3.46. The van der Waals surface area contributed by atoms with Crippen molar-refractivity contribution in [3.63, 3.8) is 0 Å². The second kappa shape index (κ2) is 3.46. The van der Waals surface area contributed by atoms with E-state index in [1.165, 1.54) is 6.07 Å². The molecule has 0 saturated heterocycles. The number of hydrogen-bond donors (Lipinski definition) is 3. The molecular weight excluding hydrogens is 173 g/mol. The predicted molar refractivity (Wildman–Crippen MR) is 46.0 cm³/mol. The standard InChI is InChI=1S/C7H7BNO4/c9-6-2-4(7(10)11)1-5(3-6)8(12)13/h1-3,9,12-13H,(H,10,11). The Morgan fingerprint density at radius 1 is 1.31 bits per heavy atom. The van der Waals surface area contributed by atoms with Gasteiger partial charge in [-0.05, 0) is 23.7 Å². The topological polar surface area (TPSA) is 102 Å². The minimum Gasteiger partial charge on any atom is -0.478 e. The van der Waals surface area contributed by atoms with Crippen LogP contribution in [0.2, 0.25) is 0 Å². The van der Waals surface area contributed by atoms with E-state index in [9.17, 15) is 4.79 Å². The Balaban J connectivity index is 3.19. The molecule has 0 bridgehead atoms. The largest absolute Gasteiger partial charge is 0.488 e. The van der Waals surface area contributed by atoms with Crippen molar-refractivity contribution in [2.75, 3.05) is 0 Å². The summed E-state index contributed by atoms with van der Waals surface area (Å²) in [5, 5.41) is 26.0. The molecule has 0 amide bonds. The maximum absolute atomic E-state index is 10.5. The molecule has 67 valence electrons. The van der Waals surface area contributed by atoms with Crippen LogP contribution < -0.4 is 11.2 Å². The van der Waals surface area contributed by atoms with Crippen LogP contribution in [-0.4, -0.2) is 28.2 Å². The zero-order valence-corrected chi connectivity index (χ0v) is 6.56. The summed E-state index contributed by atoms with van der Waals surface area (Å²) in [7, 11) is -1.75. The zero-order valence-electron chi connectivity index (χ0n) is 6.56. The fourth-order valence-corrected chi connectivity index (χ4v) is 0.924. The molecular formula is C7H7BNO4. The van der Waals surface area contributed by atoms with Crippen molar-refractivity contribution in [2.45, 2.75) is 0 Å². The van der Waals surface area contributed by atoms with Gasteiger partial charge in [-0.25, -0.2) is 4.79 Å². The summed E-state index contributed by atoms with van der Waals surface area (Å²) >= 11 is 0. The van der Waals surface area contributed by atoms with Crippen LogP contribution in [0.5, 0.6) is 0 Å². The molecule has 0 atom stereocenters. The molecule has 0 saturated carbocycles. The van der Waals surface area contributed by atoms with Crippen LogP contribution in [0.3, 0.4) is 0 Å². The van der Waals surface area contributed by atoms with Crippen LogP contribution in [0.1, 0.15) is 10.4 Å². The Morgan fingerprint density at radius 2 is 1.92 bits per heavy atom. The minimum atomic E-state index is -1.75. The summed E-state index contributed by atoms with van der Waals surface area (Å²) in [4.78, 5) is 10.5. The van der Waals surface area contributed by atoms with E-state index in [0.29, 0.717) is 0 Å². The van der Waals surface area contributed by atoms with Gasteiger partial charge in [-0.1, -0.05) is 0 Å². The fourth-order valence-electron chi connectivity index (χ4n) is 0.924. The fraction of sp³-hybridized carbons (Fsp3) is 0. The van der Waals surface area contributed by atoms with Gasteiger partial charge in [0.25, 0.3) is 0 Å². The van der Waals surface area contributed by atoms with Gasteiger partial charge in [0.1, 0.15) is 0 Å². The van der Waals surface area contributed by atoms with Crippen molar-refractivity contribution in [1.82, 2.24) is 5.73 Å². The van der Waals surface area contributed by atoms with E-state index in [1.54, 1.807) is 0 Å². The van der Waals surface area contributed by atoms with Gasteiger partial charge in [0.05, 0.1) is 11.3 Å². The average molecular weight is 180 g/mol. The van der Waals surface area contributed by atoms with Gasteiger partial charge < -0.3 is 20.9 Å². The van der Waals surface area contributed by atoms with Gasteiger partial charge >= 0.3 is 13.1 Å². The highest BCUT2D eigenvalue weighted by Crippen LogP contribution is 2.06. The van der Waals surface area contributed by atoms with Crippen LogP contribution in [0.15, 0.2) is 18.2 Å². The number of hydrogen-bond acceptors (Lipinski definition) is 3. The molecule has 1 aromatic rings. The Bertz CT molecular complexity index is 339. The first kappa shape index (κ1) is 9.56. The first-order chi connectivity index (χ1) is 6.00. The van der Waals surface area contributed by atoms with E-state index >= 15 is 0 Å². The third-order valence-corrected chi connectivity index (χ3v) is 1.50. The van der Waals surface area contributed by atoms with E-state index in [1.807, 2.05) is 0 Å². The first-order valence-electron chi connectivity index (χ1n) is 3.46. The highest BCUT2D eigenvalue weighted by Gasteiger charge is 2.14. The molecule has 1 radical (unpaired) electrons. The van der Waals surface area contributed by atoms with Crippen molar-refractivity contribution < 1.29 is 19.9 Å². The van der Waals surface area contributed by atoms with E-state index in [0.717, 1.165) is 12.1 Å². The molecule has 0 unspecified atom stereocenters. The molecule has 0 spiro atoms. The predicted octanol–water partition coefficient (Wildman–Crippen LogP) is -1.02. The van der Waals surface area contributed by atoms with Crippen molar-refractivity contribution in [1.29, 1.82) is 0 Å². The second-order valence-electron chi connectivity index (χ2n) is 2.52. The third-order valence-electron chi connectivity index (χ3n) is 1.50. The van der Waals surface area contributed by atoms with E-state index in [2.05, 4.69) is 0 Å². The van der Waals surface area contributed by atoms with Crippen LogP contribution in [0.25, 0.3) is 0 Å². The molecule has 0 fully saturated rings.